The number of β-lactam (4-membered cyclic amide) rings is 1. The molecule has 1 saturated heterocycles. The number of rotatable bonds is 2. The van der Waals surface area contributed by atoms with Crippen molar-refractivity contribution < 1.29 is 22.6 Å². The van der Waals surface area contributed by atoms with E-state index < -0.39 is 34.2 Å². The van der Waals surface area contributed by atoms with Gasteiger partial charge >= 0.3 is 39.9 Å². The Hall–Kier alpha value is -0.190. The third-order valence-corrected chi connectivity index (χ3v) is 2.54. The summed E-state index contributed by atoms with van der Waals surface area (Å²) in [6.45, 7) is 0. The molecule has 14 heavy (non-hydrogen) atoms. The molecule has 76 valence electrons. The molecule has 1 rings (SSSR count). The molecule has 0 aromatic heterocycles. The molecule has 2 atom stereocenters. The summed E-state index contributed by atoms with van der Waals surface area (Å²) < 4.78 is 29.4. The summed E-state index contributed by atoms with van der Waals surface area (Å²) in [5.41, 5.74) is 9.84. The van der Waals surface area contributed by atoms with Crippen molar-refractivity contribution >= 4 is 51.7 Å². The molecule has 0 spiro atoms. The van der Waals surface area contributed by atoms with E-state index in [2.05, 4.69) is 0 Å². The van der Waals surface area contributed by atoms with Crippen molar-refractivity contribution in [2.45, 2.75) is 12.1 Å². The van der Waals surface area contributed by atoms with Gasteiger partial charge in [0.2, 0.25) is 5.91 Å². The minimum atomic E-state index is -4.74. The summed E-state index contributed by atoms with van der Waals surface area (Å²) >= 11 is 0. The number of amides is 2. The Kier molecular flexibility index (Phi) is 4.07. The van der Waals surface area contributed by atoms with E-state index in [0.29, 0.717) is 0 Å². The molecule has 5 N–H and O–H groups in total. The molecule has 0 aliphatic carbocycles. The summed E-state index contributed by atoms with van der Waals surface area (Å²) in [4.78, 5) is 21.3. The Balaban J connectivity index is 0.00000169. The van der Waals surface area contributed by atoms with Crippen LogP contribution in [0.25, 0.3) is 0 Å². The molecule has 0 unspecified atom stereocenters. The van der Waals surface area contributed by atoms with E-state index in [4.69, 9.17) is 16.0 Å². The molecular formula is C4H8N3NaO5S. The van der Waals surface area contributed by atoms with Gasteiger partial charge < -0.3 is 11.5 Å². The number of nitrogens with zero attached hydrogens (tertiary/aromatic N) is 1. The SMILES string of the molecule is NC(=O)[C@@H]1[C@H](N)C(=O)N1S(=O)(=O)O.[NaH]. The number of nitrogens with two attached hydrogens (primary N) is 2. The van der Waals surface area contributed by atoms with Crippen LogP contribution in [-0.2, 0) is 19.9 Å². The summed E-state index contributed by atoms with van der Waals surface area (Å²) in [6.07, 6.45) is 0. The Morgan fingerprint density at radius 1 is 1.50 bits per heavy atom. The first-order valence-electron chi connectivity index (χ1n) is 3.12. The van der Waals surface area contributed by atoms with Crippen molar-refractivity contribution in [1.82, 2.24) is 4.31 Å². The van der Waals surface area contributed by atoms with Gasteiger partial charge in [0.25, 0.3) is 5.91 Å². The van der Waals surface area contributed by atoms with E-state index in [1.807, 2.05) is 0 Å². The van der Waals surface area contributed by atoms with Crippen LogP contribution < -0.4 is 11.5 Å². The minimum absolute atomic E-state index is 0. The second-order valence-corrected chi connectivity index (χ2v) is 3.77. The predicted molar refractivity (Wildman–Crippen MR) is 46.5 cm³/mol. The van der Waals surface area contributed by atoms with Crippen LogP contribution in [0.3, 0.4) is 0 Å². The normalized spacial score (nSPS) is 26.4. The summed E-state index contributed by atoms with van der Waals surface area (Å²) in [5, 5.41) is 0. The molecule has 1 aliphatic heterocycles. The first kappa shape index (κ1) is 13.8. The van der Waals surface area contributed by atoms with Crippen LogP contribution >= 0.6 is 0 Å². The fraction of sp³-hybridized carbons (Fsp3) is 0.500. The summed E-state index contributed by atoms with van der Waals surface area (Å²) in [5.74, 6) is -2.13. The van der Waals surface area contributed by atoms with Gasteiger partial charge in [-0.2, -0.15) is 8.42 Å². The third-order valence-electron chi connectivity index (χ3n) is 1.64. The standard InChI is InChI=1S/C4H7N3O5S.Na.H/c5-1-2(3(6)8)7(4(1)9)13(10,11)12;;/h1-2H,5H2,(H2,6,8)(H,10,11,12);;/t1-,2-;;/m0../s1. The first-order valence-corrected chi connectivity index (χ1v) is 4.52. The van der Waals surface area contributed by atoms with Crippen molar-refractivity contribution in [1.29, 1.82) is 0 Å². The number of hydrogen-bond acceptors (Lipinski definition) is 5. The van der Waals surface area contributed by atoms with Gasteiger partial charge in [0.05, 0.1) is 0 Å². The van der Waals surface area contributed by atoms with E-state index in [1.165, 1.54) is 0 Å². The van der Waals surface area contributed by atoms with Crippen LogP contribution in [0.1, 0.15) is 0 Å². The van der Waals surface area contributed by atoms with Crippen molar-refractivity contribution in [2.75, 3.05) is 0 Å². The van der Waals surface area contributed by atoms with E-state index in [1.54, 1.807) is 0 Å². The van der Waals surface area contributed by atoms with E-state index >= 15 is 0 Å². The molecule has 1 fully saturated rings. The van der Waals surface area contributed by atoms with Gasteiger partial charge in [0, 0.05) is 0 Å². The van der Waals surface area contributed by atoms with Gasteiger partial charge in [-0.15, -0.1) is 0 Å². The maximum absolute atomic E-state index is 10.8. The fourth-order valence-electron chi connectivity index (χ4n) is 1.03. The van der Waals surface area contributed by atoms with Crippen LogP contribution in [-0.4, -0.2) is 70.7 Å². The number of primary amides is 1. The topological polar surface area (TPSA) is 144 Å². The van der Waals surface area contributed by atoms with Gasteiger partial charge in [-0.3, -0.25) is 14.1 Å². The summed E-state index contributed by atoms with van der Waals surface area (Å²) in [7, 11) is -4.74. The quantitative estimate of drug-likeness (QED) is 0.253. The van der Waals surface area contributed by atoms with Crippen LogP contribution in [0.2, 0.25) is 0 Å². The zero-order chi connectivity index (χ0) is 10.4. The van der Waals surface area contributed by atoms with Crippen LogP contribution in [0, 0.1) is 0 Å². The van der Waals surface area contributed by atoms with Crippen molar-refractivity contribution in [3.8, 4) is 0 Å². The second kappa shape index (κ2) is 4.13. The molecular weight excluding hydrogens is 225 g/mol. The van der Waals surface area contributed by atoms with Crippen molar-refractivity contribution in [3.05, 3.63) is 0 Å². The maximum atomic E-state index is 10.8. The monoisotopic (exact) mass is 233 g/mol. The van der Waals surface area contributed by atoms with Gasteiger partial charge in [0.1, 0.15) is 6.04 Å². The molecule has 1 aliphatic rings. The average Bonchev–Trinajstić information content (AvgIpc) is 1.94. The molecule has 10 heteroatoms. The fourth-order valence-corrected chi connectivity index (χ4v) is 1.90. The third kappa shape index (κ3) is 2.07. The van der Waals surface area contributed by atoms with E-state index in [9.17, 15) is 18.0 Å². The molecule has 2 amide bonds. The van der Waals surface area contributed by atoms with Crippen LogP contribution in [0.15, 0.2) is 0 Å². The van der Waals surface area contributed by atoms with E-state index in [-0.39, 0.29) is 33.9 Å². The molecule has 0 aromatic rings. The Bertz CT molecular complexity index is 367. The molecule has 0 bridgehead atoms. The van der Waals surface area contributed by atoms with Crippen LogP contribution in [0.5, 0.6) is 0 Å². The number of hydrogen-bond donors (Lipinski definition) is 3. The number of carbonyl (C=O) groups is 2. The average molecular weight is 233 g/mol. The molecule has 1 heterocycles. The molecule has 8 nitrogen and oxygen atoms in total. The Labute approximate surface area is 102 Å². The molecule has 0 aromatic carbocycles. The Morgan fingerprint density at radius 3 is 2.14 bits per heavy atom. The zero-order valence-corrected chi connectivity index (χ0v) is 7.06. The second-order valence-electron chi connectivity index (χ2n) is 2.48. The van der Waals surface area contributed by atoms with Gasteiger partial charge in [-0.25, -0.2) is 4.31 Å². The van der Waals surface area contributed by atoms with Gasteiger partial charge in [-0.05, 0) is 0 Å². The number of carbonyl (C=O) groups excluding carboxylic acids is 2. The Morgan fingerprint density at radius 2 is 1.93 bits per heavy atom. The van der Waals surface area contributed by atoms with Crippen LogP contribution in [0.4, 0.5) is 0 Å². The zero-order valence-electron chi connectivity index (χ0n) is 6.25. The molecule has 0 radical (unpaired) electrons. The van der Waals surface area contributed by atoms with Crippen molar-refractivity contribution in [2.24, 2.45) is 11.5 Å². The summed E-state index contributed by atoms with van der Waals surface area (Å²) in [6, 6.07) is -2.78. The van der Waals surface area contributed by atoms with Gasteiger partial charge in [0.15, 0.2) is 6.04 Å². The van der Waals surface area contributed by atoms with Gasteiger partial charge in [-0.1, -0.05) is 0 Å². The van der Waals surface area contributed by atoms with E-state index in [0.717, 1.165) is 0 Å². The molecule has 0 saturated carbocycles. The van der Waals surface area contributed by atoms with Crippen molar-refractivity contribution in [3.63, 3.8) is 0 Å². The first-order chi connectivity index (χ1) is 5.76. The predicted octanol–water partition coefficient (Wildman–Crippen LogP) is -3.84.